The predicted octanol–water partition coefficient (Wildman–Crippen LogP) is 3.22. The predicted molar refractivity (Wildman–Crippen MR) is 76.4 cm³/mol. The van der Waals surface area contributed by atoms with Crippen LogP contribution < -0.4 is 14.8 Å². The molecule has 0 spiro atoms. The molecule has 2 rings (SSSR count). The number of halogens is 1. The Labute approximate surface area is 117 Å². The second kappa shape index (κ2) is 6.43. The van der Waals surface area contributed by atoms with Crippen LogP contribution in [0.4, 0.5) is 0 Å². The lowest BCUT2D eigenvalue weighted by Gasteiger charge is -2.15. The lowest BCUT2D eigenvalue weighted by atomic mass is 10.2. The van der Waals surface area contributed by atoms with Gasteiger partial charge >= 0.3 is 0 Å². The van der Waals surface area contributed by atoms with Crippen LogP contribution in [0.2, 0.25) is 0 Å². The van der Waals surface area contributed by atoms with Gasteiger partial charge in [-0.25, -0.2) is 0 Å². The third-order valence-electron chi connectivity index (χ3n) is 2.99. The first-order valence-electron chi connectivity index (χ1n) is 6.38. The Morgan fingerprint density at radius 3 is 2.83 bits per heavy atom. The molecule has 4 heteroatoms. The molecular weight excluding hydrogens is 294 g/mol. The summed E-state index contributed by atoms with van der Waals surface area (Å²) in [7, 11) is 1.66. The Kier molecular flexibility index (Phi) is 4.89. The van der Waals surface area contributed by atoms with E-state index < -0.39 is 0 Å². The van der Waals surface area contributed by atoms with E-state index in [9.17, 15) is 0 Å². The maximum atomic E-state index is 5.81. The quantitative estimate of drug-likeness (QED) is 0.838. The average Bonchev–Trinajstić information content (AvgIpc) is 3.18. The van der Waals surface area contributed by atoms with Crippen LogP contribution >= 0.6 is 15.9 Å². The second-order valence-corrected chi connectivity index (χ2v) is 5.75. The van der Waals surface area contributed by atoms with Crippen molar-refractivity contribution in [2.24, 2.45) is 5.92 Å². The lowest BCUT2D eigenvalue weighted by molar-refractivity contribution is 0.253. The summed E-state index contributed by atoms with van der Waals surface area (Å²) in [6, 6.07) is 6.53. The normalized spacial score (nSPS) is 16.4. The summed E-state index contributed by atoms with van der Waals surface area (Å²) in [5.74, 6) is 2.21. The van der Waals surface area contributed by atoms with Crippen LogP contribution in [0.5, 0.6) is 11.5 Å². The van der Waals surface area contributed by atoms with Gasteiger partial charge in [0.15, 0.2) is 0 Å². The molecule has 0 bridgehead atoms. The zero-order chi connectivity index (χ0) is 13.0. The van der Waals surface area contributed by atoms with Crippen molar-refractivity contribution in [2.75, 3.05) is 20.3 Å². The summed E-state index contributed by atoms with van der Waals surface area (Å²) < 4.78 is 11.9. The Hall–Kier alpha value is -0.740. The van der Waals surface area contributed by atoms with Crippen molar-refractivity contribution in [1.82, 2.24) is 5.32 Å². The fourth-order valence-corrected chi connectivity index (χ4v) is 2.14. The number of nitrogens with one attached hydrogen (secondary N) is 1. The van der Waals surface area contributed by atoms with Crippen LogP contribution in [0, 0.1) is 5.92 Å². The summed E-state index contributed by atoms with van der Waals surface area (Å²) >= 11 is 3.49. The van der Waals surface area contributed by atoms with E-state index >= 15 is 0 Å². The molecule has 3 nitrogen and oxygen atoms in total. The highest BCUT2D eigenvalue weighted by atomic mass is 79.9. The molecule has 1 atom stereocenters. The van der Waals surface area contributed by atoms with Crippen molar-refractivity contribution >= 4 is 15.9 Å². The maximum Gasteiger partial charge on any atom is 0.133 e. The Bertz CT molecular complexity index is 393. The highest BCUT2D eigenvalue weighted by Crippen LogP contribution is 2.29. The standard InChI is InChI=1S/C14H20BrNO2/c1-10(8-16-11-3-4-11)9-18-14-6-5-12(17-2)7-13(14)15/h5-7,10-11,16H,3-4,8-9H2,1-2H3. The van der Waals surface area contributed by atoms with E-state index in [4.69, 9.17) is 9.47 Å². The molecule has 1 aliphatic rings. The van der Waals surface area contributed by atoms with Gasteiger partial charge in [0.1, 0.15) is 11.5 Å². The Morgan fingerprint density at radius 1 is 1.44 bits per heavy atom. The van der Waals surface area contributed by atoms with Gasteiger partial charge in [-0.2, -0.15) is 0 Å². The van der Waals surface area contributed by atoms with Gasteiger partial charge in [-0.3, -0.25) is 0 Å². The SMILES string of the molecule is COc1ccc(OCC(C)CNC2CC2)c(Br)c1. The minimum atomic E-state index is 0.514. The molecule has 0 amide bonds. The van der Waals surface area contributed by atoms with Crippen LogP contribution in [0.3, 0.4) is 0 Å². The molecule has 18 heavy (non-hydrogen) atoms. The van der Waals surface area contributed by atoms with Gasteiger partial charge < -0.3 is 14.8 Å². The molecular formula is C14H20BrNO2. The van der Waals surface area contributed by atoms with Crippen molar-refractivity contribution in [2.45, 2.75) is 25.8 Å². The van der Waals surface area contributed by atoms with Crippen LogP contribution in [0.1, 0.15) is 19.8 Å². The monoisotopic (exact) mass is 313 g/mol. The van der Waals surface area contributed by atoms with E-state index in [1.807, 2.05) is 18.2 Å². The van der Waals surface area contributed by atoms with Crippen LogP contribution in [0.15, 0.2) is 22.7 Å². The van der Waals surface area contributed by atoms with Gasteiger partial charge in [-0.05, 0) is 47.0 Å². The van der Waals surface area contributed by atoms with Crippen molar-refractivity contribution in [3.63, 3.8) is 0 Å². The largest absolute Gasteiger partial charge is 0.497 e. The minimum Gasteiger partial charge on any atom is -0.497 e. The summed E-state index contributed by atoms with van der Waals surface area (Å²) in [5, 5.41) is 3.51. The number of methoxy groups -OCH3 is 1. The second-order valence-electron chi connectivity index (χ2n) is 4.90. The van der Waals surface area contributed by atoms with Gasteiger partial charge in [0.05, 0.1) is 18.2 Å². The highest BCUT2D eigenvalue weighted by molar-refractivity contribution is 9.10. The van der Waals surface area contributed by atoms with E-state index in [0.717, 1.165) is 35.2 Å². The van der Waals surface area contributed by atoms with Gasteiger partial charge in [0.2, 0.25) is 0 Å². The minimum absolute atomic E-state index is 0.514. The third-order valence-corrected chi connectivity index (χ3v) is 3.61. The highest BCUT2D eigenvalue weighted by Gasteiger charge is 2.20. The van der Waals surface area contributed by atoms with Crippen LogP contribution in [-0.4, -0.2) is 26.3 Å². The molecule has 1 unspecified atom stereocenters. The molecule has 0 radical (unpaired) electrons. The number of benzene rings is 1. The molecule has 1 saturated carbocycles. The number of hydrogen-bond acceptors (Lipinski definition) is 3. The Balaban J connectivity index is 1.77. The molecule has 100 valence electrons. The van der Waals surface area contributed by atoms with Crippen LogP contribution in [0.25, 0.3) is 0 Å². The van der Waals surface area contributed by atoms with E-state index in [1.165, 1.54) is 12.8 Å². The third kappa shape index (κ3) is 4.18. The molecule has 0 saturated heterocycles. The number of rotatable bonds is 7. The van der Waals surface area contributed by atoms with Gasteiger partial charge in [-0.15, -0.1) is 0 Å². The molecule has 0 aliphatic heterocycles. The molecule has 1 aliphatic carbocycles. The van der Waals surface area contributed by atoms with E-state index in [1.54, 1.807) is 7.11 Å². The molecule has 1 aromatic rings. The summed E-state index contributed by atoms with van der Waals surface area (Å²) in [6.07, 6.45) is 2.66. The first-order valence-corrected chi connectivity index (χ1v) is 7.18. The first-order chi connectivity index (χ1) is 8.69. The average molecular weight is 314 g/mol. The zero-order valence-corrected chi connectivity index (χ0v) is 12.5. The number of hydrogen-bond donors (Lipinski definition) is 1. The molecule has 0 heterocycles. The van der Waals surface area contributed by atoms with Gasteiger partial charge in [-0.1, -0.05) is 6.92 Å². The zero-order valence-electron chi connectivity index (χ0n) is 10.9. The summed E-state index contributed by atoms with van der Waals surface area (Å²) in [4.78, 5) is 0. The smallest absolute Gasteiger partial charge is 0.133 e. The first kappa shape index (κ1) is 13.7. The van der Waals surface area contributed by atoms with Crippen LogP contribution in [-0.2, 0) is 0 Å². The van der Waals surface area contributed by atoms with Crippen molar-refractivity contribution in [3.05, 3.63) is 22.7 Å². The van der Waals surface area contributed by atoms with Crippen molar-refractivity contribution < 1.29 is 9.47 Å². The fourth-order valence-electron chi connectivity index (χ4n) is 1.67. The fraction of sp³-hybridized carbons (Fsp3) is 0.571. The molecule has 1 fully saturated rings. The summed E-state index contributed by atoms with van der Waals surface area (Å²) in [5.41, 5.74) is 0. The van der Waals surface area contributed by atoms with Crippen molar-refractivity contribution in [1.29, 1.82) is 0 Å². The lowest BCUT2D eigenvalue weighted by Crippen LogP contribution is -2.26. The van der Waals surface area contributed by atoms with Gasteiger partial charge in [0, 0.05) is 18.5 Å². The van der Waals surface area contributed by atoms with E-state index in [2.05, 4.69) is 28.2 Å². The van der Waals surface area contributed by atoms with Gasteiger partial charge in [0.25, 0.3) is 0 Å². The summed E-state index contributed by atoms with van der Waals surface area (Å²) in [6.45, 7) is 3.95. The Morgan fingerprint density at radius 2 is 2.22 bits per heavy atom. The maximum absolute atomic E-state index is 5.81. The molecule has 0 aromatic heterocycles. The topological polar surface area (TPSA) is 30.5 Å². The molecule has 1 aromatic carbocycles. The van der Waals surface area contributed by atoms with Crippen molar-refractivity contribution in [3.8, 4) is 11.5 Å². The molecule has 1 N–H and O–H groups in total. The van der Waals surface area contributed by atoms with E-state index in [0.29, 0.717) is 5.92 Å². The number of ether oxygens (including phenoxy) is 2. The van der Waals surface area contributed by atoms with E-state index in [-0.39, 0.29) is 0 Å².